The SMILES string of the molecule is CCCCCCCCCCCCC/C=C/C(O)C(CO)NC(=O)CCCCCCC/C=C\CCCCCCCCCCCOC(=O)CCCCCCCCCCCCCCCCCCC. The van der Waals surface area contributed by atoms with Crippen LogP contribution in [0.5, 0.6) is 0 Å². The van der Waals surface area contributed by atoms with Gasteiger partial charge < -0.3 is 20.3 Å². The molecule has 0 spiro atoms. The first-order chi connectivity index (χ1) is 32.0. The lowest BCUT2D eigenvalue weighted by molar-refractivity contribution is -0.143. The molecule has 6 nitrogen and oxygen atoms in total. The Morgan fingerprint density at radius 1 is 0.415 bits per heavy atom. The summed E-state index contributed by atoms with van der Waals surface area (Å²) in [5.74, 6) is -0.0758. The van der Waals surface area contributed by atoms with E-state index in [0.29, 0.717) is 19.4 Å². The third-order valence-electron chi connectivity index (χ3n) is 13.5. The van der Waals surface area contributed by atoms with Crippen molar-refractivity contribution in [2.45, 2.75) is 328 Å². The van der Waals surface area contributed by atoms with E-state index in [1.807, 2.05) is 6.08 Å². The quantitative estimate of drug-likeness (QED) is 0.0321. The molecule has 0 aromatic carbocycles. The van der Waals surface area contributed by atoms with Gasteiger partial charge in [-0.25, -0.2) is 0 Å². The Balaban J connectivity index is 3.44. The minimum atomic E-state index is -0.852. The van der Waals surface area contributed by atoms with E-state index in [1.54, 1.807) is 6.08 Å². The number of carbonyl (C=O) groups excluding carboxylic acids is 2. The predicted octanol–water partition coefficient (Wildman–Crippen LogP) is 17.9. The summed E-state index contributed by atoms with van der Waals surface area (Å²) in [6.45, 7) is 4.90. The third-order valence-corrected chi connectivity index (χ3v) is 13.5. The Kier molecular flexibility index (Phi) is 53.5. The van der Waals surface area contributed by atoms with E-state index in [2.05, 4.69) is 31.3 Å². The summed E-state index contributed by atoms with van der Waals surface area (Å²) in [5, 5.41) is 23.0. The molecule has 0 aliphatic heterocycles. The zero-order chi connectivity index (χ0) is 47.2. The van der Waals surface area contributed by atoms with Crippen LogP contribution >= 0.6 is 0 Å². The van der Waals surface area contributed by atoms with Crippen molar-refractivity contribution in [3.63, 3.8) is 0 Å². The largest absolute Gasteiger partial charge is 0.466 e. The minimum Gasteiger partial charge on any atom is -0.466 e. The van der Waals surface area contributed by atoms with E-state index in [9.17, 15) is 19.8 Å². The van der Waals surface area contributed by atoms with Crippen molar-refractivity contribution in [1.82, 2.24) is 5.32 Å². The lowest BCUT2D eigenvalue weighted by atomic mass is 10.0. The zero-order valence-corrected chi connectivity index (χ0v) is 43.7. The summed E-state index contributed by atoms with van der Waals surface area (Å²) < 4.78 is 5.49. The maximum absolute atomic E-state index is 12.4. The zero-order valence-electron chi connectivity index (χ0n) is 43.7. The molecule has 0 fully saturated rings. The number of rotatable bonds is 54. The Morgan fingerprint density at radius 3 is 1.09 bits per heavy atom. The van der Waals surface area contributed by atoms with Crippen LogP contribution < -0.4 is 5.32 Å². The van der Waals surface area contributed by atoms with Crippen LogP contribution in [0.3, 0.4) is 0 Å². The van der Waals surface area contributed by atoms with Gasteiger partial charge >= 0.3 is 5.97 Å². The number of aliphatic hydroxyl groups is 2. The second-order valence-corrected chi connectivity index (χ2v) is 20.0. The van der Waals surface area contributed by atoms with E-state index >= 15 is 0 Å². The molecule has 2 atom stereocenters. The molecule has 1 amide bonds. The first kappa shape index (κ1) is 63.3. The van der Waals surface area contributed by atoms with Crippen LogP contribution in [0.25, 0.3) is 0 Å². The smallest absolute Gasteiger partial charge is 0.305 e. The number of ether oxygens (including phenoxy) is 1. The monoisotopic (exact) mass is 916 g/mol. The second-order valence-electron chi connectivity index (χ2n) is 20.0. The van der Waals surface area contributed by atoms with Gasteiger partial charge in [0.2, 0.25) is 5.91 Å². The van der Waals surface area contributed by atoms with Crippen LogP contribution in [-0.2, 0) is 14.3 Å². The normalized spacial score (nSPS) is 12.7. The van der Waals surface area contributed by atoms with Gasteiger partial charge in [0.25, 0.3) is 0 Å². The summed E-state index contributed by atoms with van der Waals surface area (Å²) >= 11 is 0. The van der Waals surface area contributed by atoms with Crippen LogP contribution in [0.1, 0.15) is 316 Å². The van der Waals surface area contributed by atoms with Gasteiger partial charge in [-0.3, -0.25) is 9.59 Å². The van der Waals surface area contributed by atoms with Crippen LogP contribution in [0.2, 0.25) is 0 Å². The lowest BCUT2D eigenvalue weighted by Crippen LogP contribution is -2.45. The molecule has 0 aliphatic carbocycles. The molecule has 0 radical (unpaired) electrons. The van der Waals surface area contributed by atoms with Gasteiger partial charge in [0.05, 0.1) is 25.4 Å². The summed E-state index contributed by atoms with van der Waals surface area (Å²) in [5.41, 5.74) is 0. The molecule has 0 aromatic heterocycles. The van der Waals surface area contributed by atoms with Gasteiger partial charge in [-0.15, -0.1) is 0 Å². The van der Waals surface area contributed by atoms with Gasteiger partial charge in [0, 0.05) is 12.8 Å². The van der Waals surface area contributed by atoms with Crippen molar-refractivity contribution < 1.29 is 24.5 Å². The van der Waals surface area contributed by atoms with E-state index in [0.717, 1.165) is 57.8 Å². The number of unbranched alkanes of at least 4 members (excludes halogenated alkanes) is 41. The average molecular weight is 917 g/mol. The van der Waals surface area contributed by atoms with Gasteiger partial charge in [-0.05, 0) is 57.8 Å². The molecule has 0 saturated carbocycles. The molecule has 0 bridgehead atoms. The van der Waals surface area contributed by atoms with Crippen molar-refractivity contribution in [2.75, 3.05) is 13.2 Å². The predicted molar refractivity (Wildman–Crippen MR) is 283 cm³/mol. The summed E-state index contributed by atoms with van der Waals surface area (Å²) in [4.78, 5) is 24.5. The standard InChI is InChI=1S/C59H113NO5/c1-3-5-7-9-11-13-15-17-18-21-25-29-33-37-41-45-49-53-59(64)65-54-50-46-42-38-34-30-26-23-20-19-22-24-28-32-36-40-44-48-52-58(63)60-56(55-61)57(62)51-47-43-39-35-31-27-16-14-12-10-8-6-4-2/h22,24,47,51,56-57,61-62H,3-21,23,25-46,48-50,52-55H2,1-2H3,(H,60,63)/b24-22-,51-47+. The molecule has 3 N–H and O–H groups in total. The molecule has 0 heterocycles. The molecule has 0 aliphatic rings. The summed E-state index contributed by atoms with van der Waals surface area (Å²) in [6, 6.07) is -0.637. The van der Waals surface area contributed by atoms with Gasteiger partial charge in [-0.2, -0.15) is 0 Å². The molecular weight excluding hydrogens is 803 g/mol. The molecule has 6 heteroatoms. The van der Waals surface area contributed by atoms with E-state index in [1.165, 1.54) is 231 Å². The van der Waals surface area contributed by atoms with Crippen molar-refractivity contribution in [2.24, 2.45) is 0 Å². The highest BCUT2D eigenvalue weighted by Crippen LogP contribution is 2.17. The number of amides is 1. The van der Waals surface area contributed by atoms with E-state index < -0.39 is 12.1 Å². The van der Waals surface area contributed by atoms with Gasteiger partial charge in [0.1, 0.15) is 0 Å². The van der Waals surface area contributed by atoms with Crippen LogP contribution in [0.4, 0.5) is 0 Å². The molecule has 0 saturated heterocycles. The highest BCUT2D eigenvalue weighted by molar-refractivity contribution is 5.76. The van der Waals surface area contributed by atoms with Crippen molar-refractivity contribution in [3.8, 4) is 0 Å². The number of carbonyl (C=O) groups is 2. The molecule has 384 valence electrons. The number of allylic oxidation sites excluding steroid dienone is 3. The summed E-state index contributed by atoms with van der Waals surface area (Å²) in [6.07, 6.45) is 66.3. The van der Waals surface area contributed by atoms with Crippen molar-refractivity contribution in [1.29, 1.82) is 0 Å². The molecular formula is C59H113NO5. The first-order valence-electron chi connectivity index (χ1n) is 29.1. The highest BCUT2D eigenvalue weighted by atomic mass is 16.5. The topological polar surface area (TPSA) is 95.9 Å². The van der Waals surface area contributed by atoms with Crippen molar-refractivity contribution in [3.05, 3.63) is 24.3 Å². The van der Waals surface area contributed by atoms with Crippen LogP contribution in [0.15, 0.2) is 24.3 Å². The molecule has 0 rings (SSSR count). The fraction of sp³-hybridized carbons (Fsp3) is 0.898. The number of nitrogens with one attached hydrogen (secondary N) is 1. The Hall–Kier alpha value is -1.66. The second kappa shape index (κ2) is 54.9. The fourth-order valence-corrected chi connectivity index (χ4v) is 8.98. The maximum atomic E-state index is 12.4. The van der Waals surface area contributed by atoms with Gasteiger partial charge in [0.15, 0.2) is 0 Å². The van der Waals surface area contributed by atoms with Crippen LogP contribution in [0, 0.1) is 0 Å². The fourth-order valence-electron chi connectivity index (χ4n) is 8.98. The first-order valence-corrected chi connectivity index (χ1v) is 29.1. The average Bonchev–Trinajstić information content (AvgIpc) is 3.31. The Labute approximate surface area is 405 Å². The lowest BCUT2D eigenvalue weighted by Gasteiger charge is -2.20. The van der Waals surface area contributed by atoms with Crippen molar-refractivity contribution >= 4 is 11.9 Å². The number of aliphatic hydroxyl groups excluding tert-OH is 2. The maximum Gasteiger partial charge on any atom is 0.305 e. The van der Waals surface area contributed by atoms with Gasteiger partial charge in [-0.1, -0.05) is 269 Å². The number of hydrogen-bond donors (Lipinski definition) is 3. The number of hydrogen-bond acceptors (Lipinski definition) is 5. The number of esters is 1. The Morgan fingerprint density at radius 2 is 0.723 bits per heavy atom. The minimum absolute atomic E-state index is 0.00608. The van der Waals surface area contributed by atoms with Crippen LogP contribution in [-0.4, -0.2) is 47.4 Å². The Bertz CT molecular complexity index is 1010. The molecule has 65 heavy (non-hydrogen) atoms. The van der Waals surface area contributed by atoms with E-state index in [4.69, 9.17) is 4.74 Å². The molecule has 2 unspecified atom stereocenters. The molecule has 0 aromatic rings. The summed E-state index contributed by atoms with van der Waals surface area (Å²) in [7, 11) is 0. The third kappa shape index (κ3) is 51.6. The van der Waals surface area contributed by atoms with E-state index in [-0.39, 0.29) is 18.5 Å². The highest BCUT2D eigenvalue weighted by Gasteiger charge is 2.18.